The summed E-state index contributed by atoms with van der Waals surface area (Å²) in [6.07, 6.45) is 1.59. The Labute approximate surface area is 122 Å². The first-order valence-electron chi connectivity index (χ1n) is 5.46. The minimum absolute atomic E-state index is 0.265. The van der Waals surface area contributed by atoms with Crippen LogP contribution in [-0.2, 0) is 6.54 Å². The monoisotopic (exact) mass is 336 g/mol. The molecule has 0 spiro atoms. The van der Waals surface area contributed by atoms with Gasteiger partial charge in [-0.25, -0.2) is 0 Å². The molecule has 0 aliphatic carbocycles. The second kappa shape index (κ2) is 4.91. The summed E-state index contributed by atoms with van der Waals surface area (Å²) in [6, 6.07) is 6.58. The number of aromatic nitrogens is 4. The molecule has 0 unspecified atom stereocenters. The molecule has 2 heterocycles. The van der Waals surface area contributed by atoms with Gasteiger partial charge in [-0.2, -0.15) is 0 Å². The maximum atomic E-state index is 13.6. The predicted octanol–water partition coefficient (Wildman–Crippen LogP) is 1.46. The molecule has 0 N–H and O–H groups in total. The number of hydrogen-bond acceptors (Lipinski definition) is 3. The van der Waals surface area contributed by atoms with Crippen LogP contribution in [0.1, 0.15) is 5.56 Å². The first-order valence-corrected chi connectivity index (χ1v) is 6.78. The maximum absolute atomic E-state index is 13.6. The Kier molecular flexibility index (Phi) is 3.25. The van der Waals surface area contributed by atoms with E-state index in [1.807, 2.05) is 0 Å². The molecule has 0 saturated heterocycles. The molecular weight excluding hydrogens is 330 g/mol. The topological polar surface area (TPSA) is 43.6 Å². The van der Waals surface area contributed by atoms with Crippen molar-refractivity contribution in [3.63, 3.8) is 0 Å². The van der Waals surface area contributed by atoms with Crippen LogP contribution in [0, 0.1) is 5.82 Å². The predicted molar refractivity (Wildman–Crippen MR) is 71.2 cm³/mol. The fourth-order valence-corrected chi connectivity index (χ4v) is 2.56. The normalized spacial score (nSPS) is 11.1. The summed E-state index contributed by atoms with van der Waals surface area (Å²) >= 11 is 8.25. The van der Waals surface area contributed by atoms with E-state index in [1.54, 1.807) is 29.1 Å². The van der Waals surface area contributed by atoms with Gasteiger partial charge in [0.1, 0.15) is 0 Å². The molecule has 2 aromatic heterocycles. The third-order valence-corrected chi connectivity index (χ3v) is 3.42. The first kappa shape index (κ1) is 12.6. The molecule has 1 aromatic carbocycles. The molecule has 0 atom stereocenters. The van der Waals surface area contributed by atoms with Gasteiger partial charge in [-0.1, -0.05) is 0 Å². The van der Waals surface area contributed by atoms with E-state index in [-0.39, 0.29) is 5.82 Å². The number of fused-ring (bicyclic) bond motifs is 1. The molecule has 4 nitrogen and oxygen atoms in total. The molecule has 19 heavy (non-hydrogen) atoms. The molecule has 7 heteroatoms. The molecule has 0 saturated carbocycles. The van der Waals surface area contributed by atoms with Crippen molar-refractivity contribution in [1.29, 1.82) is 0 Å². The summed E-state index contributed by atoms with van der Waals surface area (Å²) in [5.41, 5.74) is 1.15. The Hall–Kier alpha value is -1.45. The standard InChI is InChI=1S/C12H7AsClFN4/c13-12-17-10(14)8-5-16-19(11(8)18-12)6-7-3-1-2-4-9(7)15/h1-5H,6H2. The van der Waals surface area contributed by atoms with E-state index < -0.39 is 0 Å². The van der Waals surface area contributed by atoms with Crippen molar-refractivity contribution in [1.82, 2.24) is 19.7 Å². The molecule has 0 bridgehead atoms. The van der Waals surface area contributed by atoms with Crippen molar-refractivity contribution in [2.45, 2.75) is 6.54 Å². The number of halogens is 2. The van der Waals surface area contributed by atoms with Crippen LogP contribution in [0.15, 0.2) is 30.5 Å². The van der Waals surface area contributed by atoms with Crippen molar-refractivity contribution in [3.05, 3.63) is 47.0 Å². The van der Waals surface area contributed by atoms with E-state index in [2.05, 4.69) is 31.9 Å². The van der Waals surface area contributed by atoms with Crippen molar-refractivity contribution < 1.29 is 4.39 Å². The molecule has 0 fully saturated rings. The molecule has 0 aliphatic rings. The zero-order chi connectivity index (χ0) is 13.4. The zero-order valence-electron chi connectivity index (χ0n) is 9.59. The SMILES string of the molecule is Fc1ccccc1Cn1ncc2c(Cl)nc([As])nc21. The van der Waals surface area contributed by atoms with E-state index >= 15 is 0 Å². The van der Waals surface area contributed by atoms with Crippen LogP contribution < -0.4 is 4.61 Å². The van der Waals surface area contributed by atoms with Crippen LogP contribution in [0.5, 0.6) is 0 Å². The Bertz CT molecular complexity index is 759. The van der Waals surface area contributed by atoms with Crippen LogP contribution in [0.25, 0.3) is 11.0 Å². The molecular formula is C12H7AsClFN4. The van der Waals surface area contributed by atoms with Gasteiger partial charge < -0.3 is 0 Å². The van der Waals surface area contributed by atoms with Gasteiger partial charge in [-0.3, -0.25) is 0 Å². The van der Waals surface area contributed by atoms with Gasteiger partial charge in [-0.05, 0) is 0 Å². The average molecular weight is 337 g/mol. The fraction of sp³-hybridized carbons (Fsp3) is 0.0833. The van der Waals surface area contributed by atoms with E-state index in [0.717, 1.165) is 0 Å². The molecule has 3 rings (SSSR count). The molecule has 94 valence electrons. The first-order chi connectivity index (χ1) is 9.15. The Morgan fingerprint density at radius 1 is 1.26 bits per heavy atom. The van der Waals surface area contributed by atoms with E-state index in [9.17, 15) is 4.39 Å². The minimum atomic E-state index is -0.265. The van der Waals surface area contributed by atoms with Crippen molar-refractivity contribution >= 4 is 44.1 Å². The Morgan fingerprint density at radius 2 is 2.05 bits per heavy atom. The Balaban J connectivity index is 2.09. The zero-order valence-corrected chi connectivity index (χ0v) is 12.2. The average Bonchev–Trinajstić information content (AvgIpc) is 2.76. The third-order valence-electron chi connectivity index (χ3n) is 2.72. The van der Waals surface area contributed by atoms with Gasteiger partial charge in [-0.15, -0.1) is 0 Å². The van der Waals surface area contributed by atoms with Crippen LogP contribution in [0.2, 0.25) is 5.15 Å². The number of benzene rings is 1. The van der Waals surface area contributed by atoms with Gasteiger partial charge in [0.15, 0.2) is 0 Å². The molecule has 0 aliphatic heterocycles. The van der Waals surface area contributed by atoms with E-state index in [1.165, 1.54) is 6.07 Å². The summed E-state index contributed by atoms with van der Waals surface area (Å²) in [7, 11) is 0. The molecule has 0 amide bonds. The summed E-state index contributed by atoms with van der Waals surface area (Å²) in [5.74, 6) is -0.265. The molecule has 2 radical (unpaired) electrons. The van der Waals surface area contributed by atoms with Gasteiger partial charge in [0.2, 0.25) is 0 Å². The van der Waals surface area contributed by atoms with Gasteiger partial charge >= 0.3 is 122 Å². The number of nitrogens with zero attached hydrogens (tertiary/aromatic N) is 4. The summed E-state index contributed by atoms with van der Waals surface area (Å²) in [6.45, 7) is 0.302. The number of hydrogen-bond donors (Lipinski definition) is 0. The quantitative estimate of drug-likeness (QED) is 0.526. The van der Waals surface area contributed by atoms with Crippen LogP contribution in [0.4, 0.5) is 4.39 Å². The van der Waals surface area contributed by atoms with Crippen LogP contribution in [-0.4, -0.2) is 36.6 Å². The van der Waals surface area contributed by atoms with Gasteiger partial charge in [0.05, 0.1) is 0 Å². The summed E-state index contributed by atoms with van der Waals surface area (Å²) < 4.78 is 15.7. The van der Waals surface area contributed by atoms with Crippen molar-refractivity contribution in [2.75, 3.05) is 0 Å². The van der Waals surface area contributed by atoms with E-state index in [0.29, 0.717) is 32.9 Å². The second-order valence-corrected chi connectivity index (χ2v) is 5.14. The van der Waals surface area contributed by atoms with Crippen LogP contribution in [0.3, 0.4) is 0 Å². The van der Waals surface area contributed by atoms with Crippen molar-refractivity contribution in [2.24, 2.45) is 0 Å². The van der Waals surface area contributed by atoms with Gasteiger partial charge in [0.25, 0.3) is 0 Å². The summed E-state index contributed by atoms with van der Waals surface area (Å²) in [4.78, 5) is 8.32. The fourth-order valence-electron chi connectivity index (χ4n) is 1.81. The van der Waals surface area contributed by atoms with E-state index in [4.69, 9.17) is 11.6 Å². The number of rotatable bonds is 2. The molecule has 3 aromatic rings. The van der Waals surface area contributed by atoms with Gasteiger partial charge in [0, 0.05) is 0 Å². The summed E-state index contributed by atoms with van der Waals surface area (Å²) in [5, 5.41) is 5.20. The Morgan fingerprint density at radius 3 is 2.84 bits per heavy atom. The third kappa shape index (κ3) is 2.36. The second-order valence-electron chi connectivity index (χ2n) is 3.95. The van der Waals surface area contributed by atoms with Crippen molar-refractivity contribution in [3.8, 4) is 0 Å². The van der Waals surface area contributed by atoms with Crippen LogP contribution >= 0.6 is 11.6 Å².